The quantitative estimate of drug-likeness (QED) is 0.947. The molecule has 6 heteroatoms. The molecule has 1 aliphatic rings. The Morgan fingerprint density at radius 3 is 3.00 bits per heavy atom. The molecule has 1 N–H and O–H groups in total. The summed E-state index contributed by atoms with van der Waals surface area (Å²) < 4.78 is 0. The van der Waals surface area contributed by atoms with Gasteiger partial charge in [0.1, 0.15) is 5.82 Å². The topological polar surface area (TPSA) is 58.1 Å². The highest BCUT2D eigenvalue weighted by Gasteiger charge is 2.29. The normalized spacial score (nSPS) is 17.4. The van der Waals surface area contributed by atoms with Crippen molar-refractivity contribution in [2.75, 3.05) is 18.4 Å². The summed E-state index contributed by atoms with van der Waals surface area (Å²) in [5, 5.41) is 13.3. The average molecular weight is 302 g/mol. The number of hydrogen-bond acceptors (Lipinski definition) is 5. The van der Waals surface area contributed by atoms with E-state index in [0.717, 1.165) is 19.5 Å². The van der Waals surface area contributed by atoms with E-state index in [4.69, 9.17) is 0 Å². The molecule has 1 atom stereocenters. The van der Waals surface area contributed by atoms with Gasteiger partial charge >= 0.3 is 0 Å². The van der Waals surface area contributed by atoms with Crippen molar-refractivity contribution in [3.8, 4) is 0 Å². The third-order valence-corrected chi connectivity index (χ3v) is 4.78. The van der Waals surface area contributed by atoms with E-state index in [9.17, 15) is 4.79 Å². The molecule has 21 heavy (non-hydrogen) atoms. The van der Waals surface area contributed by atoms with Crippen LogP contribution in [0.15, 0.2) is 23.6 Å². The Balaban J connectivity index is 1.79. The van der Waals surface area contributed by atoms with Gasteiger partial charge < -0.3 is 10.2 Å². The molecule has 3 heterocycles. The van der Waals surface area contributed by atoms with Crippen LogP contribution in [0.25, 0.3) is 0 Å². The number of carbonyl (C=O) groups excluding carboxylic acids is 1. The first-order valence-electron chi connectivity index (χ1n) is 7.15. The highest BCUT2D eigenvalue weighted by atomic mass is 32.1. The molecular formula is C15H18N4OS. The molecular weight excluding hydrogens is 284 g/mol. The molecule has 2 aromatic rings. The average Bonchev–Trinajstić information content (AvgIpc) is 2.98. The third-order valence-electron chi connectivity index (χ3n) is 3.78. The maximum atomic E-state index is 12.6. The number of rotatable bonds is 3. The zero-order chi connectivity index (χ0) is 14.8. The highest BCUT2D eigenvalue weighted by molar-refractivity contribution is 7.10. The molecule has 110 valence electrons. The van der Waals surface area contributed by atoms with E-state index in [2.05, 4.69) is 33.9 Å². The Morgan fingerprint density at radius 1 is 1.43 bits per heavy atom. The summed E-state index contributed by atoms with van der Waals surface area (Å²) in [6.45, 7) is 5.59. The molecule has 5 nitrogen and oxygen atoms in total. The van der Waals surface area contributed by atoms with Crippen molar-refractivity contribution in [1.29, 1.82) is 0 Å². The second-order valence-electron chi connectivity index (χ2n) is 5.06. The molecule has 3 rings (SSSR count). The Labute approximate surface area is 128 Å². The molecule has 1 unspecified atom stereocenters. The lowest BCUT2D eigenvalue weighted by Gasteiger charge is -2.33. The molecule has 0 bridgehead atoms. The largest absolute Gasteiger partial charge is 0.369 e. The minimum Gasteiger partial charge on any atom is -0.369 e. The van der Waals surface area contributed by atoms with E-state index in [1.807, 2.05) is 11.8 Å². The number of hydrogen-bond donors (Lipinski definition) is 1. The fourth-order valence-corrected chi connectivity index (χ4v) is 3.62. The summed E-state index contributed by atoms with van der Waals surface area (Å²) >= 11 is 1.77. The van der Waals surface area contributed by atoms with Gasteiger partial charge in [0.05, 0.1) is 6.04 Å². The monoisotopic (exact) mass is 302 g/mol. The SMILES string of the molecule is CCNc1ccc(C(=O)N2CCc3sccc3C2C)nn1. The van der Waals surface area contributed by atoms with Crippen LogP contribution in [0.4, 0.5) is 5.82 Å². The fraction of sp³-hybridized carbons (Fsp3) is 0.400. The lowest BCUT2D eigenvalue weighted by molar-refractivity contribution is 0.0672. The van der Waals surface area contributed by atoms with Crippen molar-refractivity contribution in [3.05, 3.63) is 39.7 Å². The number of amides is 1. The van der Waals surface area contributed by atoms with Gasteiger partial charge in [0.15, 0.2) is 5.69 Å². The summed E-state index contributed by atoms with van der Waals surface area (Å²) in [6, 6.07) is 5.75. The Morgan fingerprint density at radius 2 is 2.29 bits per heavy atom. The predicted octanol–water partition coefficient (Wildman–Crippen LogP) is 2.73. The van der Waals surface area contributed by atoms with Gasteiger partial charge in [0, 0.05) is 18.0 Å². The van der Waals surface area contributed by atoms with E-state index in [1.165, 1.54) is 10.4 Å². The Kier molecular flexibility index (Phi) is 3.88. The molecule has 0 radical (unpaired) electrons. The van der Waals surface area contributed by atoms with Gasteiger partial charge in [-0.15, -0.1) is 21.5 Å². The first-order valence-corrected chi connectivity index (χ1v) is 8.03. The number of thiophene rings is 1. The van der Waals surface area contributed by atoms with Crippen molar-refractivity contribution in [2.45, 2.75) is 26.3 Å². The molecule has 0 saturated heterocycles. The molecule has 0 spiro atoms. The minimum atomic E-state index is -0.0464. The van der Waals surface area contributed by atoms with Gasteiger partial charge in [-0.05, 0) is 49.4 Å². The van der Waals surface area contributed by atoms with Crippen molar-refractivity contribution in [3.63, 3.8) is 0 Å². The summed E-state index contributed by atoms with van der Waals surface area (Å²) in [7, 11) is 0. The number of aromatic nitrogens is 2. The van der Waals surface area contributed by atoms with Crippen LogP contribution in [-0.4, -0.2) is 34.1 Å². The number of nitrogens with one attached hydrogen (secondary N) is 1. The maximum Gasteiger partial charge on any atom is 0.274 e. The van der Waals surface area contributed by atoms with Gasteiger partial charge in [-0.25, -0.2) is 0 Å². The van der Waals surface area contributed by atoms with Gasteiger partial charge in [-0.2, -0.15) is 0 Å². The minimum absolute atomic E-state index is 0.0464. The van der Waals surface area contributed by atoms with Gasteiger partial charge in [-0.3, -0.25) is 4.79 Å². The van der Waals surface area contributed by atoms with Crippen LogP contribution in [0.1, 0.15) is 40.8 Å². The van der Waals surface area contributed by atoms with Crippen LogP contribution in [-0.2, 0) is 6.42 Å². The van der Waals surface area contributed by atoms with Crippen molar-refractivity contribution in [1.82, 2.24) is 15.1 Å². The summed E-state index contributed by atoms with van der Waals surface area (Å²) in [5.74, 6) is 0.649. The predicted molar refractivity (Wildman–Crippen MR) is 83.7 cm³/mol. The van der Waals surface area contributed by atoms with Crippen LogP contribution in [0.5, 0.6) is 0 Å². The van der Waals surface area contributed by atoms with Gasteiger partial charge in [0.25, 0.3) is 5.91 Å². The van der Waals surface area contributed by atoms with Gasteiger partial charge in [0.2, 0.25) is 0 Å². The summed E-state index contributed by atoms with van der Waals surface area (Å²) in [4.78, 5) is 15.9. The first kappa shape index (κ1) is 14.0. The third kappa shape index (κ3) is 2.63. The molecule has 1 amide bonds. The van der Waals surface area contributed by atoms with E-state index in [0.29, 0.717) is 11.5 Å². The number of carbonyl (C=O) groups is 1. The summed E-state index contributed by atoms with van der Waals surface area (Å²) in [5.41, 5.74) is 1.67. The molecule has 0 aliphatic carbocycles. The molecule has 0 aromatic carbocycles. The van der Waals surface area contributed by atoms with E-state index in [-0.39, 0.29) is 11.9 Å². The van der Waals surface area contributed by atoms with E-state index >= 15 is 0 Å². The van der Waals surface area contributed by atoms with Crippen molar-refractivity contribution >= 4 is 23.1 Å². The number of anilines is 1. The number of fused-ring (bicyclic) bond motifs is 1. The fourth-order valence-electron chi connectivity index (χ4n) is 2.66. The Hall–Kier alpha value is -1.95. The van der Waals surface area contributed by atoms with Crippen LogP contribution in [0.3, 0.4) is 0 Å². The zero-order valence-corrected chi connectivity index (χ0v) is 13.0. The molecule has 2 aromatic heterocycles. The number of nitrogens with zero attached hydrogens (tertiary/aromatic N) is 3. The van der Waals surface area contributed by atoms with Crippen LogP contribution < -0.4 is 5.32 Å². The smallest absolute Gasteiger partial charge is 0.274 e. The molecule has 1 aliphatic heterocycles. The Bertz CT molecular complexity index is 637. The van der Waals surface area contributed by atoms with E-state index < -0.39 is 0 Å². The van der Waals surface area contributed by atoms with Crippen molar-refractivity contribution < 1.29 is 4.79 Å². The maximum absolute atomic E-state index is 12.6. The molecule has 0 fully saturated rings. The molecule has 0 saturated carbocycles. The highest BCUT2D eigenvalue weighted by Crippen LogP contribution is 2.33. The summed E-state index contributed by atoms with van der Waals surface area (Å²) in [6.07, 6.45) is 0.923. The van der Waals surface area contributed by atoms with Gasteiger partial charge in [-0.1, -0.05) is 0 Å². The zero-order valence-electron chi connectivity index (χ0n) is 12.2. The second kappa shape index (κ2) is 5.81. The van der Waals surface area contributed by atoms with E-state index in [1.54, 1.807) is 23.5 Å². The van der Waals surface area contributed by atoms with Crippen LogP contribution >= 0.6 is 11.3 Å². The first-order chi connectivity index (χ1) is 10.2. The standard InChI is InChI=1S/C15H18N4OS/c1-3-16-14-5-4-12(17-18-14)15(20)19-8-6-13-11(10(19)2)7-9-21-13/h4-5,7,9-10H,3,6,8H2,1-2H3,(H,16,18). The lowest BCUT2D eigenvalue weighted by atomic mass is 10.0. The lowest BCUT2D eigenvalue weighted by Crippen LogP contribution is -2.38. The van der Waals surface area contributed by atoms with Crippen molar-refractivity contribution in [2.24, 2.45) is 0 Å². The van der Waals surface area contributed by atoms with Crippen LogP contribution in [0.2, 0.25) is 0 Å². The van der Waals surface area contributed by atoms with Crippen LogP contribution in [0, 0.1) is 0 Å². The second-order valence-corrected chi connectivity index (χ2v) is 6.06.